The van der Waals surface area contributed by atoms with Gasteiger partial charge in [-0.3, -0.25) is 9.36 Å². The number of alkyl halides is 6. The Balaban J connectivity index is 0.000000237. The Labute approximate surface area is 393 Å². The van der Waals surface area contributed by atoms with E-state index in [0.717, 1.165) is 60.3 Å². The van der Waals surface area contributed by atoms with Gasteiger partial charge in [0.15, 0.2) is 11.6 Å². The molecule has 2 saturated heterocycles. The number of benzene rings is 1. The molecule has 16 nitrogen and oxygen atoms in total. The molecule has 3 N–H and O–H groups in total. The number of urea groups is 1. The van der Waals surface area contributed by atoms with Crippen LogP contribution in [-0.4, -0.2) is 114 Å². The number of hydrogen-bond donors (Lipinski definition) is 2. The molecule has 0 unspecified atom stereocenters. The molecule has 376 valence electrons. The van der Waals surface area contributed by atoms with Gasteiger partial charge in [-0.2, -0.15) is 36.5 Å². The Bertz CT molecular complexity index is 2160. The minimum atomic E-state index is -4.57. The Morgan fingerprint density at radius 3 is 1.74 bits per heavy atom. The number of carbonyl (C=O) groups excluding carboxylic acids is 2. The van der Waals surface area contributed by atoms with Gasteiger partial charge in [0.1, 0.15) is 5.82 Å². The number of nitrogens with zero attached hydrogens (tertiary/aromatic N) is 9. The van der Waals surface area contributed by atoms with Gasteiger partial charge in [-0.05, 0) is 62.4 Å². The van der Waals surface area contributed by atoms with E-state index < -0.39 is 29.6 Å². The molecule has 3 amide bonds. The van der Waals surface area contributed by atoms with Crippen LogP contribution in [0.3, 0.4) is 0 Å². The van der Waals surface area contributed by atoms with Gasteiger partial charge in [0.2, 0.25) is 0 Å². The van der Waals surface area contributed by atoms with Gasteiger partial charge < -0.3 is 44.9 Å². The number of carbonyl (C=O) groups is 2. The number of hydrogen-bond acceptors (Lipinski definition) is 11. The summed E-state index contributed by atoms with van der Waals surface area (Å²) in [7, 11) is 6.22. The van der Waals surface area contributed by atoms with Crippen LogP contribution in [0.5, 0.6) is 0 Å². The Morgan fingerprint density at radius 2 is 1.25 bits per heavy atom. The van der Waals surface area contributed by atoms with E-state index in [4.69, 9.17) is 30.1 Å². The van der Waals surface area contributed by atoms with E-state index in [1.54, 1.807) is 40.7 Å². The number of fused-ring (bicyclic) bond motifs is 2. The molecule has 0 atom stereocenters. The average molecular weight is 966 g/mol. The lowest BCUT2D eigenvalue weighted by Crippen LogP contribution is -2.41. The van der Waals surface area contributed by atoms with Crippen LogP contribution in [0.15, 0.2) is 30.5 Å². The minimum Gasteiger partial charge on any atom is -0.453 e. The molecule has 3 aromatic heterocycles. The number of nitrogens with one attached hydrogen (secondary N) is 1. The fraction of sp³-hybridized carbons (Fsp3) is 0.587. The highest BCUT2D eigenvalue weighted by Crippen LogP contribution is 2.41. The van der Waals surface area contributed by atoms with Crippen LogP contribution in [-0.2, 0) is 52.5 Å². The summed E-state index contributed by atoms with van der Waals surface area (Å²) in [6, 6.07) is 4.95. The summed E-state index contributed by atoms with van der Waals surface area (Å²) in [5.41, 5.74) is 7.64. The molecule has 0 saturated carbocycles. The number of rotatable bonds is 6. The quantitative estimate of drug-likeness (QED) is 0.140. The van der Waals surface area contributed by atoms with Gasteiger partial charge in [-0.1, -0.05) is 27.7 Å². The highest BCUT2D eigenvalue weighted by atomic mass is 19.4. The normalized spacial score (nSPS) is 16.4. The standard InChI is InChI=1S/C21H27F3N6O2.C21H26F3N5O3.2C2H6/c1-13-11-26-18(10-16(13)21(22,23)24)28(3)19-15-12-29(20(31)25-2)7-4-17(15)30(27-19)14-5-8-32-9-6-14;1-27(14-3-4-17(25)16(11-14)21(22,23)24)19-15-12-28(20(30)31-2)8-5-18(15)29(26-19)13-6-9-32-10-7-13;2*1-2/h10-11,14H,4-9,12H2,1-3H3,(H,25,31);3-4,11,13H,5-10,12,25H2,1-2H3;2*1-2H3. The number of aryl methyl sites for hydroxylation is 1. The van der Waals surface area contributed by atoms with Crippen molar-refractivity contribution in [3.8, 4) is 0 Å². The van der Waals surface area contributed by atoms with Crippen LogP contribution in [0, 0.1) is 6.92 Å². The topological polar surface area (TPSA) is 161 Å². The molecule has 68 heavy (non-hydrogen) atoms. The van der Waals surface area contributed by atoms with E-state index in [9.17, 15) is 35.9 Å². The monoisotopic (exact) mass is 966 g/mol. The van der Waals surface area contributed by atoms with Crippen molar-refractivity contribution in [2.75, 3.05) is 83.3 Å². The van der Waals surface area contributed by atoms with Crippen molar-refractivity contribution in [2.24, 2.45) is 0 Å². The highest BCUT2D eigenvalue weighted by Gasteiger charge is 2.37. The summed E-state index contributed by atoms with van der Waals surface area (Å²) in [6.45, 7) is 13.6. The molecule has 7 heterocycles. The van der Waals surface area contributed by atoms with Crippen molar-refractivity contribution >= 4 is 41.0 Å². The molecule has 4 aromatic rings. The number of pyridine rings is 1. The first-order chi connectivity index (χ1) is 32.4. The highest BCUT2D eigenvalue weighted by molar-refractivity contribution is 5.75. The van der Waals surface area contributed by atoms with Crippen LogP contribution < -0.4 is 20.9 Å². The molecule has 1 aromatic carbocycles. The fourth-order valence-electron chi connectivity index (χ4n) is 8.71. The third-order valence-electron chi connectivity index (χ3n) is 12.2. The third-order valence-corrected chi connectivity index (χ3v) is 12.2. The van der Waals surface area contributed by atoms with E-state index in [-0.39, 0.29) is 41.7 Å². The molecule has 2 fully saturated rings. The summed E-state index contributed by atoms with van der Waals surface area (Å²) in [5.74, 6) is 1.18. The zero-order valence-corrected chi connectivity index (χ0v) is 40.4. The first-order valence-corrected chi connectivity index (χ1v) is 23.0. The lowest BCUT2D eigenvalue weighted by atomic mass is 10.0. The summed E-state index contributed by atoms with van der Waals surface area (Å²) in [5, 5.41) is 12.3. The van der Waals surface area contributed by atoms with E-state index >= 15 is 0 Å². The van der Waals surface area contributed by atoms with Crippen molar-refractivity contribution in [2.45, 2.75) is 111 Å². The van der Waals surface area contributed by atoms with Crippen molar-refractivity contribution < 1.29 is 50.1 Å². The second kappa shape index (κ2) is 23.0. The number of amides is 3. The lowest BCUT2D eigenvalue weighted by molar-refractivity contribution is -0.138. The Kier molecular flexibility index (Phi) is 18.0. The van der Waals surface area contributed by atoms with Crippen molar-refractivity contribution in [1.29, 1.82) is 0 Å². The predicted molar refractivity (Wildman–Crippen MR) is 246 cm³/mol. The second-order valence-corrected chi connectivity index (χ2v) is 16.2. The molecule has 4 aliphatic heterocycles. The maximum absolute atomic E-state index is 13.5. The first kappa shape index (κ1) is 53.2. The molecular weight excluding hydrogens is 901 g/mol. The molecular formula is C46H65F6N11O5. The minimum absolute atomic E-state index is 0.0650. The zero-order valence-electron chi connectivity index (χ0n) is 40.4. The van der Waals surface area contributed by atoms with E-state index in [2.05, 4.69) is 10.3 Å². The number of aromatic nitrogens is 5. The Hall–Kier alpha value is -5.77. The van der Waals surface area contributed by atoms with Gasteiger partial charge in [0.25, 0.3) is 0 Å². The van der Waals surface area contributed by atoms with E-state index in [1.165, 1.54) is 32.4 Å². The van der Waals surface area contributed by atoms with E-state index in [0.29, 0.717) is 76.2 Å². The SMILES string of the molecule is CC.CC.CNC(=O)N1CCc2c(c(N(C)c3cc(C(F)(F)F)c(C)cn3)nn2C2CCOCC2)C1.COC(=O)N1CCc2c(c(N(C)c3ccc(N)c(C(F)(F)F)c3)nn2C2CCOCC2)C1. The molecule has 4 aliphatic rings. The van der Waals surface area contributed by atoms with Crippen molar-refractivity contribution in [1.82, 2.24) is 39.7 Å². The number of nitrogens with two attached hydrogens (primary N) is 1. The largest absolute Gasteiger partial charge is 0.453 e. The van der Waals surface area contributed by atoms with Crippen molar-refractivity contribution in [3.63, 3.8) is 0 Å². The van der Waals surface area contributed by atoms with Gasteiger partial charge in [0.05, 0.1) is 43.4 Å². The van der Waals surface area contributed by atoms with Gasteiger partial charge in [0, 0.05) is 114 Å². The molecule has 0 radical (unpaired) electrons. The smallest absolute Gasteiger partial charge is 0.418 e. The van der Waals surface area contributed by atoms with Crippen LogP contribution in [0.25, 0.3) is 0 Å². The Morgan fingerprint density at radius 1 is 0.765 bits per heavy atom. The van der Waals surface area contributed by atoms with Gasteiger partial charge >= 0.3 is 24.5 Å². The predicted octanol–water partition coefficient (Wildman–Crippen LogP) is 9.20. The maximum atomic E-state index is 13.5. The first-order valence-electron chi connectivity index (χ1n) is 23.0. The zero-order chi connectivity index (χ0) is 50.1. The molecule has 22 heteroatoms. The summed E-state index contributed by atoms with van der Waals surface area (Å²) in [4.78, 5) is 35.1. The molecule has 8 rings (SSSR count). The second-order valence-electron chi connectivity index (χ2n) is 16.2. The molecule has 0 spiro atoms. The molecule has 0 bridgehead atoms. The number of nitrogen functional groups attached to an aromatic ring is 1. The average Bonchev–Trinajstić information content (AvgIpc) is 3.93. The number of ether oxygens (including phenoxy) is 3. The van der Waals surface area contributed by atoms with Crippen LogP contribution in [0.4, 0.5) is 64.8 Å². The third kappa shape index (κ3) is 11.7. The van der Waals surface area contributed by atoms with Gasteiger partial charge in [-0.15, -0.1) is 0 Å². The van der Waals surface area contributed by atoms with Crippen molar-refractivity contribution in [3.05, 3.63) is 69.7 Å². The summed E-state index contributed by atoms with van der Waals surface area (Å²) in [6.07, 6.45) is -3.81. The lowest BCUT2D eigenvalue weighted by Gasteiger charge is -2.30. The summed E-state index contributed by atoms with van der Waals surface area (Å²) >= 11 is 0. The molecule has 0 aliphatic carbocycles. The van der Waals surface area contributed by atoms with Crippen LogP contribution >= 0.6 is 0 Å². The van der Waals surface area contributed by atoms with Crippen LogP contribution in [0.1, 0.15) is 105 Å². The maximum Gasteiger partial charge on any atom is 0.418 e. The number of halogens is 6. The van der Waals surface area contributed by atoms with Gasteiger partial charge in [-0.25, -0.2) is 14.6 Å². The summed E-state index contributed by atoms with van der Waals surface area (Å²) < 4.78 is 100. The fourth-order valence-corrected chi connectivity index (χ4v) is 8.71. The number of methoxy groups -OCH3 is 1. The van der Waals surface area contributed by atoms with Crippen LogP contribution in [0.2, 0.25) is 0 Å². The van der Waals surface area contributed by atoms with E-state index in [1.807, 2.05) is 37.1 Å². The number of anilines is 5.